The van der Waals surface area contributed by atoms with E-state index in [0.29, 0.717) is 5.69 Å². The van der Waals surface area contributed by atoms with Crippen molar-refractivity contribution >= 4 is 11.7 Å². The highest BCUT2D eigenvalue weighted by atomic mass is 19.1. The molecule has 0 saturated carbocycles. The Morgan fingerprint density at radius 1 is 1.24 bits per heavy atom. The van der Waals surface area contributed by atoms with E-state index in [9.17, 15) is 9.18 Å². The van der Waals surface area contributed by atoms with Crippen LogP contribution in [0.1, 0.15) is 6.42 Å². The third-order valence-corrected chi connectivity index (χ3v) is 4.53. The summed E-state index contributed by atoms with van der Waals surface area (Å²) in [5.41, 5.74) is 0.379. The van der Waals surface area contributed by atoms with E-state index in [1.165, 1.54) is 6.07 Å². The van der Waals surface area contributed by atoms with E-state index in [-0.39, 0.29) is 17.8 Å². The van der Waals surface area contributed by atoms with Crippen molar-refractivity contribution in [2.75, 3.05) is 44.2 Å². The normalized spacial score (nSPS) is 21.9. The van der Waals surface area contributed by atoms with Crippen LogP contribution in [-0.4, -0.2) is 60.8 Å². The molecule has 2 heterocycles. The highest BCUT2D eigenvalue weighted by molar-refractivity contribution is 5.69. The minimum absolute atomic E-state index is 0.166. The van der Waals surface area contributed by atoms with Gasteiger partial charge in [0.15, 0.2) is 0 Å². The molecule has 0 atom stereocenters. The molecule has 1 aromatic rings. The van der Waals surface area contributed by atoms with Crippen molar-refractivity contribution < 1.29 is 14.3 Å². The third kappa shape index (κ3) is 2.73. The van der Waals surface area contributed by atoms with E-state index in [1.807, 2.05) is 11.0 Å². The van der Waals surface area contributed by atoms with Crippen LogP contribution in [0.3, 0.4) is 0 Å². The van der Waals surface area contributed by atoms with Crippen LogP contribution in [0, 0.1) is 5.82 Å². The molecule has 5 nitrogen and oxygen atoms in total. The minimum Gasteiger partial charge on any atom is -0.481 e. The van der Waals surface area contributed by atoms with Crippen LogP contribution < -0.4 is 10.2 Å². The van der Waals surface area contributed by atoms with Crippen LogP contribution in [0.2, 0.25) is 0 Å². The monoisotopic (exact) mass is 293 g/mol. The van der Waals surface area contributed by atoms with E-state index in [2.05, 4.69) is 10.2 Å². The van der Waals surface area contributed by atoms with Crippen molar-refractivity contribution in [3.63, 3.8) is 0 Å². The van der Waals surface area contributed by atoms with Crippen LogP contribution in [-0.2, 0) is 4.79 Å². The van der Waals surface area contributed by atoms with Gasteiger partial charge in [-0.25, -0.2) is 4.39 Å². The number of carbonyl (C=O) groups is 1. The van der Waals surface area contributed by atoms with Gasteiger partial charge in [-0.15, -0.1) is 0 Å². The van der Waals surface area contributed by atoms with Gasteiger partial charge in [0.25, 0.3) is 0 Å². The predicted octanol–water partition coefficient (Wildman–Crippen LogP) is 0.764. The summed E-state index contributed by atoms with van der Waals surface area (Å²) in [5, 5.41) is 12.3. The first-order valence-corrected chi connectivity index (χ1v) is 7.28. The summed E-state index contributed by atoms with van der Waals surface area (Å²) in [6, 6.07) is 6.80. The first-order valence-electron chi connectivity index (χ1n) is 7.28. The summed E-state index contributed by atoms with van der Waals surface area (Å²) in [6.07, 6.45) is 0.166. The fraction of sp³-hybridized carbons (Fsp3) is 0.533. The van der Waals surface area contributed by atoms with E-state index in [1.54, 1.807) is 12.1 Å². The average Bonchev–Trinajstić information content (AvgIpc) is 2.44. The molecule has 0 radical (unpaired) electrons. The maximum absolute atomic E-state index is 13.8. The molecule has 21 heavy (non-hydrogen) atoms. The highest BCUT2D eigenvalue weighted by Crippen LogP contribution is 2.28. The third-order valence-electron chi connectivity index (χ3n) is 4.53. The van der Waals surface area contributed by atoms with Crippen molar-refractivity contribution in [3.8, 4) is 0 Å². The molecule has 6 heteroatoms. The van der Waals surface area contributed by atoms with Crippen LogP contribution in [0.5, 0.6) is 0 Å². The lowest BCUT2D eigenvalue weighted by Crippen LogP contribution is -2.72. The number of carboxylic acids is 1. The van der Waals surface area contributed by atoms with E-state index in [0.717, 1.165) is 39.3 Å². The largest absolute Gasteiger partial charge is 0.481 e. The van der Waals surface area contributed by atoms with Crippen molar-refractivity contribution in [1.82, 2.24) is 10.2 Å². The number of benzene rings is 1. The lowest BCUT2D eigenvalue weighted by molar-refractivity contribution is -0.142. The number of nitrogens with one attached hydrogen (secondary N) is 1. The molecule has 2 aliphatic rings. The number of halogens is 1. The number of rotatable bonds is 4. The standard InChI is InChI=1S/C15H20FN3O2/c16-12-3-1-2-4-13(12)18-5-7-19(8-6-18)15(9-14(20)21)10-17-11-15/h1-4,17H,5-11H2,(H,20,21). The second-order valence-electron chi connectivity index (χ2n) is 5.82. The Morgan fingerprint density at radius 3 is 2.43 bits per heavy atom. The molecule has 0 spiro atoms. The molecule has 2 aliphatic heterocycles. The number of hydrogen-bond donors (Lipinski definition) is 2. The molecule has 1 aromatic carbocycles. The minimum atomic E-state index is -0.756. The van der Waals surface area contributed by atoms with Gasteiger partial charge in [-0.05, 0) is 12.1 Å². The number of hydrogen-bond acceptors (Lipinski definition) is 4. The molecule has 2 saturated heterocycles. The SMILES string of the molecule is O=C(O)CC1(N2CCN(c3ccccc3F)CC2)CNC1. The van der Waals surface area contributed by atoms with Gasteiger partial charge >= 0.3 is 5.97 Å². The first kappa shape index (κ1) is 14.3. The van der Waals surface area contributed by atoms with Gasteiger partial charge in [-0.3, -0.25) is 9.69 Å². The molecule has 0 aliphatic carbocycles. The zero-order chi connectivity index (χ0) is 14.9. The quantitative estimate of drug-likeness (QED) is 0.858. The van der Waals surface area contributed by atoms with Gasteiger partial charge < -0.3 is 15.3 Å². The number of aliphatic carboxylic acids is 1. The second-order valence-corrected chi connectivity index (χ2v) is 5.82. The smallest absolute Gasteiger partial charge is 0.305 e. The molecular formula is C15H20FN3O2. The Morgan fingerprint density at radius 2 is 1.90 bits per heavy atom. The maximum Gasteiger partial charge on any atom is 0.305 e. The van der Waals surface area contributed by atoms with Gasteiger partial charge in [0.1, 0.15) is 5.82 Å². The number of piperazine rings is 1. The van der Waals surface area contributed by atoms with Gasteiger partial charge in [0.05, 0.1) is 17.6 Å². The van der Waals surface area contributed by atoms with E-state index >= 15 is 0 Å². The lowest BCUT2D eigenvalue weighted by Gasteiger charge is -2.52. The van der Waals surface area contributed by atoms with Crippen molar-refractivity contribution in [1.29, 1.82) is 0 Å². The Kier molecular flexibility index (Phi) is 3.82. The van der Waals surface area contributed by atoms with Gasteiger partial charge in [0.2, 0.25) is 0 Å². The summed E-state index contributed by atoms with van der Waals surface area (Å²) in [5.74, 6) is -0.954. The van der Waals surface area contributed by atoms with Crippen LogP contribution in [0.25, 0.3) is 0 Å². The molecule has 0 unspecified atom stereocenters. The number of anilines is 1. The molecule has 0 amide bonds. The molecule has 0 bridgehead atoms. The molecule has 3 rings (SSSR count). The van der Waals surface area contributed by atoms with Crippen LogP contribution in [0.4, 0.5) is 10.1 Å². The molecular weight excluding hydrogens is 273 g/mol. The van der Waals surface area contributed by atoms with E-state index in [4.69, 9.17) is 5.11 Å². The van der Waals surface area contributed by atoms with Crippen molar-refractivity contribution in [3.05, 3.63) is 30.1 Å². The zero-order valence-corrected chi connectivity index (χ0v) is 11.9. The Balaban J connectivity index is 1.65. The zero-order valence-electron chi connectivity index (χ0n) is 11.9. The molecule has 114 valence electrons. The fourth-order valence-electron chi connectivity index (χ4n) is 3.29. The summed E-state index contributed by atoms with van der Waals surface area (Å²) in [7, 11) is 0. The summed E-state index contributed by atoms with van der Waals surface area (Å²) < 4.78 is 13.8. The Bertz CT molecular complexity index is 525. The summed E-state index contributed by atoms with van der Waals surface area (Å²) in [4.78, 5) is 15.3. The number of nitrogens with zero attached hydrogens (tertiary/aromatic N) is 2. The predicted molar refractivity (Wildman–Crippen MR) is 78.0 cm³/mol. The van der Waals surface area contributed by atoms with Crippen LogP contribution in [0.15, 0.2) is 24.3 Å². The van der Waals surface area contributed by atoms with E-state index < -0.39 is 5.97 Å². The maximum atomic E-state index is 13.8. The highest BCUT2D eigenvalue weighted by Gasteiger charge is 2.45. The van der Waals surface area contributed by atoms with Crippen molar-refractivity contribution in [2.24, 2.45) is 0 Å². The lowest BCUT2D eigenvalue weighted by atomic mass is 9.86. The van der Waals surface area contributed by atoms with Gasteiger partial charge in [-0.1, -0.05) is 12.1 Å². The first-order chi connectivity index (χ1) is 10.1. The summed E-state index contributed by atoms with van der Waals surface area (Å²) >= 11 is 0. The van der Waals surface area contributed by atoms with Crippen molar-refractivity contribution in [2.45, 2.75) is 12.0 Å². The van der Waals surface area contributed by atoms with Gasteiger partial charge in [0, 0.05) is 39.3 Å². The second kappa shape index (κ2) is 5.61. The topological polar surface area (TPSA) is 55.8 Å². The Hall–Kier alpha value is -1.66. The number of carboxylic acid groups (broad SMARTS) is 1. The Labute approximate surface area is 123 Å². The molecule has 0 aromatic heterocycles. The fourth-order valence-corrected chi connectivity index (χ4v) is 3.29. The molecule has 2 fully saturated rings. The molecule has 2 N–H and O–H groups in total. The van der Waals surface area contributed by atoms with Gasteiger partial charge in [-0.2, -0.15) is 0 Å². The number of para-hydroxylation sites is 1. The van der Waals surface area contributed by atoms with Crippen LogP contribution >= 0.6 is 0 Å². The average molecular weight is 293 g/mol. The summed E-state index contributed by atoms with van der Waals surface area (Å²) in [6.45, 7) is 4.43.